The van der Waals surface area contributed by atoms with E-state index in [4.69, 9.17) is 0 Å². The van der Waals surface area contributed by atoms with E-state index in [1.807, 2.05) is 37.2 Å². The van der Waals surface area contributed by atoms with Crippen LogP contribution in [0.15, 0.2) is 41.0 Å². The molecule has 1 aromatic carbocycles. The summed E-state index contributed by atoms with van der Waals surface area (Å²) in [6.07, 6.45) is 1.77. The highest BCUT2D eigenvalue weighted by Gasteiger charge is 2.01. The van der Waals surface area contributed by atoms with Crippen LogP contribution in [0.3, 0.4) is 0 Å². The molecule has 100 valence electrons. The van der Waals surface area contributed by atoms with Crippen LogP contribution < -0.4 is 10.2 Å². The Balaban J connectivity index is 2.00. The van der Waals surface area contributed by atoms with Crippen LogP contribution in [0, 0.1) is 5.82 Å². The summed E-state index contributed by atoms with van der Waals surface area (Å²) in [4.78, 5) is 6.24. The summed E-state index contributed by atoms with van der Waals surface area (Å²) in [7, 11) is 3.89. The number of halogens is 2. The van der Waals surface area contributed by atoms with Crippen LogP contribution in [0.2, 0.25) is 0 Å². The zero-order valence-corrected chi connectivity index (χ0v) is 12.4. The maximum atomic E-state index is 13.4. The normalized spacial score (nSPS) is 10.3. The summed E-state index contributed by atoms with van der Waals surface area (Å²) >= 11 is 3.14. The van der Waals surface area contributed by atoms with Crippen molar-refractivity contribution in [1.82, 2.24) is 4.98 Å². The largest absolute Gasteiger partial charge is 0.380 e. The van der Waals surface area contributed by atoms with Crippen molar-refractivity contribution in [2.24, 2.45) is 0 Å². The van der Waals surface area contributed by atoms with E-state index in [0.29, 0.717) is 11.0 Å². The maximum absolute atomic E-state index is 13.4. The second-order valence-electron chi connectivity index (χ2n) is 4.40. The van der Waals surface area contributed by atoms with Crippen LogP contribution in [0.1, 0.15) is 5.56 Å². The molecule has 0 aliphatic heterocycles. The van der Waals surface area contributed by atoms with E-state index in [1.54, 1.807) is 12.3 Å². The fourth-order valence-corrected chi connectivity index (χ4v) is 1.86. The van der Waals surface area contributed by atoms with Crippen LogP contribution in [0.25, 0.3) is 0 Å². The summed E-state index contributed by atoms with van der Waals surface area (Å²) in [6, 6.07) is 8.99. The Bertz CT molecular complexity index is 555. The summed E-state index contributed by atoms with van der Waals surface area (Å²) in [6.45, 7) is 0.563. The number of rotatable bonds is 4. The van der Waals surface area contributed by atoms with Crippen molar-refractivity contribution in [2.75, 3.05) is 24.3 Å². The molecule has 1 aromatic heterocycles. The smallest absolute Gasteiger partial charge is 0.137 e. The highest BCUT2D eigenvalue weighted by Crippen LogP contribution is 2.18. The van der Waals surface area contributed by atoms with E-state index >= 15 is 0 Å². The maximum Gasteiger partial charge on any atom is 0.137 e. The first kappa shape index (κ1) is 13.8. The number of pyridine rings is 1. The molecule has 0 spiro atoms. The highest BCUT2D eigenvalue weighted by atomic mass is 79.9. The lowest BCUT2D eigenvalue weighted by Crippen LogP contribution is -2.10. The number of benzene rings is 1. The Hall–Kier alpha value is -1.62. The van der Waals surface area contributed by atoms with Gasteiger partial charge >= 0.3 is 0 Å². The van der Waals surface area contributed by atoms with E-state index in [2.05, 4.69) is 26.2 Å². The molecule has 1 heterocycles. The van der Waals surface area contributed by atoms with Gasteiger partial charge in [0.05, 0.1) is 16.4 Å². The topological polar surface area (TPSA) is 28.2 Å². The lowest BCUT2D eigenvalue weighted by atomic mass is 10.2. The SMILES string of the molecule is CN(C)c1ccc(NCc2ccc(Br)c(F)c2)cn1. The van der Waals surface area contributed by atoms with Crippen molar-refractivity contribution < 1.29 is 4.39 Å². The third-order valence-corrected chi connectivity index (χ3v) is 3.33. The number of anilines is 2. The second-order valence-corrected chi connectivity index (χ2v) is 5.26. The zero-order valence-electron chi connectivity index (χ0n) is 10.8. The van der Waals surface area contributed by atoms with Gasteiger partial charge in [-0.3, -0.25) is 0 Å². The molecule has 1 N–H and O–H groups in total. The number of hydrogen-bond acceptors (Lipinski definition) is 3. The second kappa shape index (κ2) is 6.02. The number of aromatic nitrogens is 1. The first-order chi connectivity index (χ1) is 9.06. The van der Waals surface area contributed by atoms with Gasteiger partial charge in [0, 0.05) is 20.6 Å². The van der Waals surface area contributed by atoms with Gasteiger partial charge in [-0.1, -0.05) is 6.07 Å². The van der Waals surface area contributed by atoms with E-state index < -0.39 is 0 Å². The molecule has 0 saturated heterocycles. The Morgan fingerprint density at radius 3 is 2.63 bits per heavy atom. The molecule has 0 aliphatic carbocycles. The fourth-order valence-electron chi connectivity index (χ4n) is 1.61. The number of hydrogen-bond donors (Lipinski definition) is 1. The molecule has 2 rings (SSSR count). The lowest BCUT2D eigenvalue weighted by Gasteiger charge is -2.12. The molecule has 0 fully saturated rings. The summed E-state index contributed by atoms with van der Waals surface area (Å²) < 4.78 is 13.8. The van der Waals surface area contributed by atoms with Gasteiger partial charge in [0.1, 0.15) is 11.6 Å². The summed E-state index contributed by atoms with van der Waals surface area (Å²) in [5.41, 5.74) is 1.80. The number of nitrogens with zero attached hydrogens (tertiary/aromatic N) is 2. The van der Waals surface area contributed by atoms with E-state index in [0.717, 1.165) is 17.1 Å². The van der Waals surface area contributed by atoms with Gasteiger partial charge in [-0.15, -0.1) is 0 Å². The van der Waals surface area contributed by atoms with Gasteiger partial charge in [-0.2, -0.15) is 0 Å². The van der Waals surface area contributed by atoms with Crippen molar-refractivity contribution >= 4 is 27.4 Å². The molecule has 0 radical (unpaired) electrons. The van der Waals surface area contributed by atoms with Gasteiger partial charge in [0.25, 0.3) is 0 Å². The third-order valence-electron chi connectivity index (χ3n) is 2.69. The average molecular weight is 324 g/mol. The Kier molecular flexibility index (Phi) is 4.37. The van der Waals surface area contributed by atoms with Gasteiger partial charge in [-0.25, -0.2) is 9.37 Å². The molecular formula is C14H15BrFN3. The molecule has 19 heavy (non-hydrogen) atoms. The fraction of sp³-hybridized carbons (Fsp3) is 0.214. The molecule has 0 saturated carbocycles. The molecule has 0 bridgehead atoms. The number of nitrogens with one attached hydrogen (secondary N) is 1. The predicted molar refractivity (Wildman–Crippen MR) is 80.0 cm³/mol. The first-order valence-electron chi connectivity index (χ1n) is 5.87. The van der Waals surface area contributed by atoms with Crippen LogP contribution in [0.5, 0.6) is 0 Å². The summed E-state index contributed by atoms with van der Waals surface area (Å²) in [5, 5.41) is 3.21. The summed E-state index contributed by atoms with van der Waals surface area (Å²) in [5.74, 6) is 0.653. The van der Waals surface area contributed by atoms with Crippen molar-refractivity contribution in [3.8, 4) is 0 Å². The minimum atomic E-state index is -0.250. The molecule has 0 atom stereocenters. The minimum Gasteiger partial charge on any atom is -0.380 e. The van der Waals surface area contributed by atoms with E-state index in [9.17, 15) is 4.39 Å². The lowest BCUT2D eigenvalue weighted by molar-refractivity contribution is 0.619. The van der Waals surface area contributed by atoms with Crippen molar-refractivity contribution in [3.63, 3.8) is 0 Å². The third kappa shape index (κ3) is 3.67. The van der Waals surface area contributed by atoms with E-state index in [-0.39, 0.29) is 5.82 Å². The van der Waals surface area contributed by atoms with Crippen molar-refractivity contribution in [2.45, 2.75) is 6.54 Å². The quantitative estimate of drug-likeness (QED) is 0.930. The Morgan fingerprint density at radius 2 is 2.05 bits per heavy atom. The van der Waals surface area contributed by atoms with Crippen LogP contribution >= 0.6 is 15.9 Å². The molecule has 3 nitrogen and oxygen atoms in total. The van der Waals surface area contributed by atoms with Crippen LogP contribution in [0.4, 0.5) is 15.9 Å². The molecular weight excluding hydrogens is 309 g/mol. The van der Waals surface area contributed by atoms with Gasteiger partial charge in [0.2, 0.25) is 0 Å². The molecule has 5 heteroatoms. The van der Waals surface area contributed by atoms with Crippen LogP contribution in [-0.2, 0) is 6.54 Å². The first-order valence-corrected chi connectivity index (χ1v) is 6.67. The highest BCUT2D eigenvalue weighted by molar-refractivity contribution is 9.10. The average Bonchev–Trinajstić information content (AvgIpc) is 2.40. The van der Waals surface area contributed by atoms with E-state index in [1.165, 1.54) is 6.07 Å². The molecule has 0 aliphatic rings. The predicted octanol–water partition coefficient (Wildman–Crippen LogP) is 3.66. The van der Waals surface area contributed by atoms with Gasteiger partial charge in [-0.05, 0) is 45.8 Å². The molecule has 0 unspecified atom stereocenters. The zero-order chi connectivity index (χ0) is 13.8. The molecule has 2 aromatic rings. The molecule has 0 amide bonds. The minimum absolute atomic E-state index is 0.250. The Labute approximate surface area is 120 Å². The van der Waals surface area contributed by atoms with Crippen LogP contribution in [-0.4, -0.2) is 19.1 Å². The van der Waals surface area contributed by atoms with Gasteiger partial charge < -0.3 is 10.2 Å². The monoisotopic (exact) mass is 323 g/mol. The standard InChI is InChI=1S/C14H15BrFN3/c1-19(2)14-6-4-11(9-18-14)17-8-10-3-5-12(15)13(16)7-10/h3-7,9,17H,8H2,1-2H3. The van der Waals surface area contributed by atoms with Gasteiger partial charge in [0.15, 0.2) is 0 Å². The van der Waals surface area contributed by atoms with Crippen molar-refractivity contribution in [3.05, 3.63) is 52.4 Å². The Morgan fingerprint density at radius 1 is 1.26 bits per heavy atom. The van der Waals surface area contributed by atoms with Crippen molar-refractivity contribution in [1.29, 1.82) is 0 Å².